The van der Waals surface area contributed by atoms with Crippen molar-refractivity contribution >= 4 is 11.9 Å². The van der Waals surface area contributed by atoms with E-state index < -0.39 is 67.4 Å². The highest BCUT2D eigenvalue weighted by atomic mass is 16.7. The second-order valence-electron chi connectivity index (χ2n) is 26.0. The van der Waals surface area contributed by atoms with E-state index in [1.165, 1.54) is 186 Å². The molecular formula is C79H141NO10. The molecule has 6 N–H and O–H groups in total. The molecular weight excluding hydrogens is 1120 g/mol. The molecule has 0 aromatic carbocycles. The summed E-state index contributed by atoms with van der Waals surface area (Å²) in [7, 11) is 0. The topological polar surface area (TPSA) is 175 Å². The molecule has 0 aromatic heterocycles. The van der Waals surface area contributed by atoms with Gasteiger partial charge in [0.2, 0.25) is 5.91 Å². The van der Waals surface area contributed by atoms with Gasteiger partial charge >= 0.3 is 5.97 Å². The van der Waals surface area contributed by atoms with Crippen LogP contribution in [-0.2, 0) is 23.8 Å². The predicted molar refractivity (Wildman–Crippen MR) is 379 cm³/mol. The van der Waals surface area contributed by atoms with Crippen LogP contribution in [0.15, 0.2) is 85.1 Å². The van der Waals surface area contributed by atoms with Crippen LogP contribution in [0.25, 0.3) is 0 Å². The Balaban J connectivity index is 2.53. The van der Waals surface area contributed by atoms with Gasteiger partial charge in [-0.2, -0.15) is 0 Å². The first-order chi connectivity index (χ1) is 44.2. The molecule has 0 saturated carbocycles. The Hall–Kier alpha value is -3.16. The normalized spacial score (nSPS) is 18.5. The maximum Gasteiger partial charge on any atom is 0.306 e. The zero-order chi connectivity index (χ0) is 65.3. The molecule has 522 valence electrons. The van der Waals surface area contributed by atoms with E-state index in [2.05, 4.69) is 99.0 Å². The molecule has 0 radical (unpaired) electrons. The van der Waals surface area contributed by atoms with Gasteiger partial charge in [-0.15, -0.1) is 0 Å². The first kappa shape index (κ1) is 84.9. The zero-order valence-corrected chi connectivity index (χ0v) is 58.2. The first-order valence-electron chi connectivity index (χ1n) is 37.9. The van der Waals surface area contributed by atoms with Gasteiger partial charge < -0.3 is 45.1 Å². The molecule has 1 aliphatic rings. The van der Waals surface area contributed by atoms with Crippen LogP contribution >= 0.6 is 0 Å². The Morgan fingerprint density at radius 1 is 0.444 bits per heavy atom. The molecule has 11 nitrogen and oxygen atoms in total. The van der Waals surface area contributed by atoms with Gasteiger partial charge in [-0.25, -0.2) is 0 Å². The third kappa shape index (κ3) is 52.2. The van der Waals surface area contributed by atoms with Crippen molar-refractivity contribution in [2.75, 3.05) is 13.2 Å². The van der Waals surface area contributed by atoms with Crippen molar-refractivity contribution in [1.29, 1.82) is 0 Å². The summed E-state index contributed by atoms with van der Waals surface area (Å²) >= 11 is 0. The second-order valence-corrected chi connectivity index (χ2v) is 26.0. The lowest BCUT2D eigenvalue weighted by Crippen LogP contribution is -2.61. The molecule has 0 spiro atoms. The van der Waals surface area contributed by atoms with Crippen molar-refractivity contribution in [3.8, 4) is 0 Å². The summed E-state index contributed by atoms with van der Waals surface area (Å²) in [6.45, 7) is 5.71. The number of unbranched alkanes of at least 4 members (excludes halogenated alkanes) is 39. The monoisotopic (exact) mass is 1260 g/mol. The van der Waals surface area contributed by atoms with Crippen molar-refractivity contribution < 1.29 is 49.3 Å². The van der Waals surface area contributed by atoms with E-state index in [9.17, 15) is 35.1 Å². The number of amides is 1. The summed E-state index contributed by atoms with van der Waals surface area (Å²) < 4.78 is 17.7. The molecule has 0 bridgehead atoms. The largest absolute Gasteiger partial charge is 0.454 e. The van der Waals surface area contributed by atoms with Gasteiger partial charge in [0, 0.05) is 6.42 Å². The average molecular weight is 1260 g/mol. The highest BCUT2D eigenvalue weighted by molar-refractivity contribution is 5.80. The fraction of sp³-hybridized carbons (Fsp3) is 0.797. The van der Waals surface area contributed by atoms with Crippen LogP contribution in [0.1, 0.15) is 342 Å². The Morgan fingerprint density at radius 2 is 0.800 bits per heavy atom. The average Bonchev–Trinajstić information content (AvgIpc) is 1.14. The minimum absolute atomic E-state index is 0.122. The predicted octanol–water partition coefficient (Wildman–Crippen LogP) is 20.0. The number of aliphatic hydroxyl groups is 5. The van der Waals surface area contributed by atoms with E-state index >= 15 is 0 Å². The maximum atomic E-state index is 13.5. The van der Waals surface area contributed by atoms with Gasteiger partial charge in [0.25, 0.3) is 0 Å². The number of ether oxygens (including phenoxy) is 3. The van der Waals surface area contributed by atoms with Gasteiger partial charge in [0.05, 0.1) is 25.4 Å². The number of aliphatic hydroxyl groups excluding tert-OH is 5. The minimum atomic E-state index is -1.62. The van der Waals surface area contributed by atoms with E-state index in [1.54, 1.807) is 6.08 Å². The molecule has 1 saturated heterocycles. The summed E-state index contributed by atoms with van der Waals surface area (Å²) in [4.78, 5) is 26.7. The molecule has 11 heteroatoms. The van der Waals surface area contributed by atoms with Gasteiger partial charge in [0.1, 0.15) is 24.4 Å². The number of hydrogen-bond acceptors (Lipinski definition) is 10. The van der Waals surface area contributed by atoms with Gasteiger partial charge in [-0.3, -0.25) is 9.59 Å². The van der Waals surface area contributed by atoms with Crippen LogP contribution in [0.2, 0.25) is 0 Å². The SMILES string of the molecule is CC/C=C\C/C=C\C/C=C\C/C=C\C/C=C\CCCCCCCCC(O)C(=O)NC(COC1OC(CO)C(O)C(O)C1OC(=O)CCCCCCCCCCCCCCCCCCC/C=C/CCCCCCCC)C(O)/C=C/CCCCCCCCCCCC. The maximum absolute atomic E-state index is 13.5. The van der Waals surface area contributed by atoms with Crippen LogP contribution in [0, 0.1) is 0 Å². The summed E-state index contributed by atoms with van der Waals surface area (Å²) in [6.07, 6.45) is 77.7. The number of rotatable bonds is 65. The van der Waals surface area contributed by atoms with Crippen molar-refractivity contribution in [2.45, 2.75) is 391 Å². The van der Waals surface area contributed by atoms with Crippen molar-refractivity contribution in [1.82, 2.24) is 5.32 Å². The molecule has 1 heterocycles. The Kier molecular flexibility index (Phi) is 62.1. The summed E-state index contributed by atoms with van der Waals surface area (Å²) in [5.41, 5.74) is 0. The quantitative estimate of drug-likeness (QED) is 0.0195. The molecule has 1 fully saturated rings. The first-order valence-corrected chi connectivity index (χ1v) is 37.9. The van der Waals surface area contributed by atoms with E-state index in [-0.39, 0.29) is 19.4 Å². The molecule has 0 aromatic rings. The lowest BCUT2D eigenvalue weighted by atomic mass is 9.99. The number of esters is 1. The third-order valence-corrected chi connectivity index (χ3v) is 17.5. The van der Waals surface area contributed by atoms with E-state index in [0.29, 0.717) is 12.8 Å². The standard InChI is InChI=1S/C79H141NO10/c1-4-7-10-13-16-19-22-25-27-29-31-33-35-36-37-38-39-41-43-45-47-49-52-55-58-61-64-67-74(84)90-77-76(86)75(85)73(68-81)89-79(77)88-69-70(71(82)65-62-59-56-53-50-24-21-18-15-12-9-6-3)80-78(87)72(83)66-63-60-57-54-51-48-46-44-42-40-34-32-30-28-26-23-20-17-14-11-8-5-2/h8,11,17,20,25-28,32,34,42,44,62,65,70-73,75-77,79,81-83,85-86H,4-7,9-10,12-16,18-19,21-24,29-31,33,35-41,43,45-61,63-64,66-69H2,1-3H3,(H,80,87)/b11-8-,20-17-,27-25+,28-26-,34-32-,44-42-,65-62+. The van der Waals surface area contributed by atoms with Gasteiger partial charge in [-0.05, 0) is 96.3 Å². The van der Waals surface area contributed by atoms with Crippen molar-refractivity contribution in [3.05, 3.63) is 85.1 Å². The molecule has 8 unspecified atom stereocenters. The van der Waals surface area contributed by atoms with Crippen molar-refractivity contribution in [3.63, 3.8) is 0 Å². The summed E-state index contributed by atoms with van der Waals surface area (Å²) in [5, 5.41) is 57.3. The Bertz CT molecular complexity index is 1790. The van der Waals surface area contributed by atoms with E-state index in [0.717, 1.165) is 109 Å². The molecule has 0 aliphatic carbocycles. The van der Waals surface area contributed by atoms with Crippen molar-refractivity contribution in [2.24, 2.45) is 0 Å². The summed E-state index contributed by atoms with van der Waals surface area (Å²) in [5.74, 6) is -1.20. The number of allylic oxidation sites excluding steroid dienone is 13. The van der Waals surface area contributed by atoms with Crippen LogP contribution in [-0.4, -0.2) is 99.6 Å². The second kappa shape index (κ2) is 65.9. The highest BCUT2D eigenvalue weighted by Gasteiger charge is 2.47. The molecule has 8 atom stereocenters. The molecule has 1 rings (SSSR count). The number of carbonyl (C=O) groups is 2. The fourth-order valence-corrected chi connectivity index (χ4v) is 11.6. The van der Waals surface area contributed by atoms with Gasteiger partial charge in [-0.1, -0.05) is 324 Å². The molecule has 90 heavy (non-hydrogen) atoms. The number of nitrogens with one attached hydrogen (secondary N) is 1. The number of carbonyl (C=O) groups excluding carboxylic acids is 2. The van der Waals surface area contributed by atoms with Crippen LogP contribution in [0.4, 0.5) is 0 Å². The lowest BCUT2D eigenvalue weighted by molar-refractivity contribution is -0.305. The van der Waals surface area contributed by atoms with Crippen LogP contribution < -0.4 is 5.32 Å². The van der Waals surface area contributed by atoms with Crippen LogP contribution in [0.5, 0.6) is 0 Å². The smallest absolute Gasteiger partial charge is 0.306 e. The zero-order valence-electron chi connectivity index (χ0n) is 58.2. The van der Waals surface area contributed by atoms with E-state index in [1.807, 2.05) is 6.08 Å². The Morgan fingerprint density at radius 3 is 1.21 bits per heavy atom. The molecule has 1 amide bonds. The molecule has 1 aliphatic heterocycles. The minimum Gasteiger partial charge on any atom is -0.454 e. The Labute approximate surface area is 553 Å². The van der Waals surface area contributed by atoms with Gasteiger partial charge in [0.15, 0.2) is 12.4 Å². The van der Waals surface area contributed by atoms with Crippen LogP contribution in [0.3, 0.4) is 0 Å². The third-order valence-electron chi connectivity index (χ3n) is 17.5. The number of hydrogen-bond donors (Lipinski definition) is 6. The van der Waals surface area contributed by atoms with E-state index in [4.69, 9.17) is 14.2 Å². The summed E-state index contributed by atoms with van der Waals surface area (Å²) in [6, 6.07) is -1.03. The lowest BCUT2D eigenvalue weighted by Gasteiger charge is -2.41. The fourth-order valence-electron chi connectivity index (χ4n) is 11.6. The highest BCUT2D eigenvalue weighted by Crippen LogP contribution is 2.26.